The molecule has 142 valence electrons. The van der Waals surface area contributed by atoms with Crippen molar-refractivity contribution < 1.29 is 13.2 Å². The number of rotatable bonds is 7. The number of nitrogens with zero attached hydrogens (tertiary/aromatic N) is 2. The second-order valence-electron chi connectivity index (χ2n) is 6.20. The third kappa shape index (κ3) is 4.51. The Morgan fingerprint density at radius 2 is 1.85 bits per heavy atom. The van der Waals surface area contributed by atoms with Crippen LogP contribution in [0.15, 0.2) is 53.7 Å². The Bertz CT molecular complexity index is 1070. The lowest BCUT2D eigenvalue weighted by Gasteiger charge is -2.12. The summed E-state index contributed by atoms with van der Waals surface area (Å²) in [5.41, 5.74) is 2.94. The lowest BCUT2D eigenvalue weighted by molar-refractivity contribution is 0.0994. The molecule has 0 bridgehead atoms. The molecule has 27 heavy (non-hydrogen) atoms. The average molecular weight is 404 g/mol. The maximum absolute atomic E-state index is 12.8. The van der Waals surface area contributed by atoms with E-state index in [0.29, 0.717) is 11.3 Å². The zero-order valence-corrected chi connectivity index (χ0v) is 17.0. The molecule has 2 aromatic carbocycles. The zero-order chi connectivity index (χ0) is 19.6. The Morgan fingerprint density at radius 1 is 1.19 bits per heavy atom. The molecule has 1 atom stereocenters. The summed E-state index contributed by atoms with van der Waals surface area (Å²) in [5.74, 6) is -0.0272. The van der Waals surface area contributed by atoms with Crippen molar-refractivity contribution in [3.8, 4) is 0 Å². The summed E-state index contributed by atoms with van der Waals surface area (Å²) < 4.78 is 27.0. The van der Waals surface area contributed by atoms with Crippen molar-refractivity contribution in [2.75, 3.05) is 11.0 Å². The molecular formula is C19H21N3O3S2. The zero-order valence-electron chi connectivity index (χ0n) is 15.3. The van der Waals surface area contributed by atoms with Crippen LogP contribution in [0.5, 0.6) is 0 Å². The first kappa shape index (κ1) is 19.4. The molecule has 0 saturated carbocycles. The monoisotopic (exact) mass is 403 g/mol. The van der Waals surface area contributed by atoms with Crippen LogP contribution < -0.4 is 4.72 Å². The van der Waals surface area contributed by atoms with Crippen LogP contribution in [0.25, 0.3) is 11.0 Å². The molecule has 0 spiro atoms. The Labute approximate surface area is 163 Å². The number of fused-ring (bicyclic) bond motifs is 1. The highest BCUT2D eigenvalue weighted by molar-refractivity contribution is 8.00. The summed E-state index contributed by atoms with van der Waals surface area (Å²) in [7, 11) is -3.34. The number of hydrogen-bond acceptors (Lipinski definition) is 5. The van der Waals surface area contributed by atoms with Crippen LogP contribution in [-0.4, -0.2) is 35.3 Å². The van der Waals surface area contributed by atoms with E-state index in [1.807, 2.05) is 31.2 Å². The number of hydrogen-bond donors (Lipinski definition) is 1. The first-order valence-corrected chi connectivity index (χ1v) is 11.3. The Hall–Kier alpha value is -2.32. The van der Waals surface area contributed by atoms with Gasteiger partial charge < -0.3 is 4.57 Å². The summed E-state index contributed by atoms with van der Waals surface area (Å²) in [6, 6.07) is 14.4. The summed E-state index contributed by atoms with van der Waals surface area (Å²) in [4.78, 5) is 17.4. The fourth-order valence-electron chi connectivity index (χ4n) is 2.81. The minimum atomic E-state index is -3.34. The summed E-state index contributed by atoms with van der Waals surface area (Å²) in [6.07, 6.45) is 1.09. The number of imidazole rings is 1. The third-order valence-corrected chi connectivity index (χ3v) is 5.76. The number of carbonyl (C=O) groups is 1. The predicted molar refractivity (Wildman–Crippen MR) is 110 cm³/mol. The van der Waals surface area contributed by atoms with E-state index in [0.717, 1.165) is 29.0 Å². The molecule has 0 fully saturated rings. The van der Waals surface area contributed by atoms with Crippen LogP contribution >= 0.6 is 11.8 Å². The van der Waals surface area contributed by atoms with E-state index in [-0.39, 0.29) is 11.0 Å². The molecule has 3 rings (SSSR count). The number of anilines is 1. The lowest BCUT2D eigenvalue weighted by Crippen LogP contribution is -2.15. The van der Waals surface area contributed by atoms with Crippen LogP contribution in [0, 0.1) is 0 Å². The van der Waals surface area contributed by atoms with Crippen molar-refractivity contribution in [2.24, 2.45) is 0 Å². The van der Waals surface area contributed by atoms with Gasteiger partial charge in [0.15, 0.2) is 10.9 Å². The van der Waals surface area contributed by atoms with Crippen LogP contribution in [-0.2, 0) is 16.6 Å². The predicted octanol–water partition coefficient (Wildman–Crippen LogP) is 3.79. The lowest BCUT2D eigenvalue weighted by atomic mass is 10.1. The van der Waals surface area contributed by atoms with Crippen molar-refractivity contribution >= 4 is 44.3 Å². The van der Waals surface area contributed by atoms with Gasteiger partial charge in [-0.1, -0.05) is 23.9 Å². The number of para-hydroxylation sites is 2. The number of ketones is 1. The van der Waals surface area contributed by atoms with Gasteiger partial charge in [0.2, 0.25) is 10.0 Å². The van der Waals surface area contributed by atoms with Gasteiger partial charge in [-0.25, -0.2) is 13.4 Å². The molecule has 0 aliphatic heterocycles. The van der Waals surface area contributed by atoms with Crippen LogP contribution in [0.2, 0.25) is 0 Å². The number of Topliss-reactive ketones (excluding diaryl/α,β-unsaturated/α-hetero) is 1. The molecule has 3 aromatic rings. The third-order valence-electron chi connectivity index (χ3n) is 4.06. The fraction of sp³-hybridized carbons (Fsp3) is 0.263. The van der Waals surface area contributed by atoms with Crippen molar-refractivity contribution in [3.63, 3.8) is 0 Å². The van der Waals surface area contributed by atoms with E-state index in [1.165, 1.54) is 11.8 Å². The van der Waals surface area contributed by atoms with Crippen molar-refractivity contribution in [2.45, 2.75) is 30.8 Å². The van der Waals surface area contributed by atoms with Gasteiger partial charge in [-0.3, -0.25) is 9.52 Å². The van der Waals surface area contributed by atoms with Gasteiger partial charge in [0.1, 0.15) is 0 Å². The van der Waals surface area contributed by atoms with Gasteiger partial charge in [-0.05, 0) is 50.2 Å². The molecule has 1 aromatic heterocycles. The minimum Gasteiger partial charge on any atom is -0.319 e. The highest BCUT2D eigenvalue weighted by Gasteiger charge is 2.20. The second-order valence-corrected chi connectivity index (χ2v) is 9.26. The minimum absolute atomic E-state index is 0.0272. The van der Waals surface area contributed by atoms with Gasteiger partial charge in [0, 0.05) is 17.8 Å². The molecule has 1 unspecified atom stereocenters. The molecule has 0 radical (unpaired) electrons. The first-order chi connectivity index (χ1) is 12.8. The van der Waals surface area contributed by atoms with Crippen molar-refractivity contribution in [3.05, 3.63) is 54.1 Å². The molecule has 1 N–H and O–H groups in total. The van der Waals surface area contributed by atoms with Gasteiger partial charge >= 0.3 is 0 Å². The van der Waals surface area contributed by atoms with E-state index in [2.05, 4.69) is 21.2 Å². The van der Waals surface area contributed by atoms with Crippen molar-refractivity contribution in [1.29, 1.82) is 0 Å². The molecule has 0 saturated heterocycles. The van der Waals surface area contributed by atoms with Crippen molar-refractivity contribution in [1.82, 2.24) is 9.55 Å². The molecule has 6 nitrogen and oxygen atoms in total. The molecule has 8 heteroatoms. The number of sulfonamides is 1. The molecular weight excluding hydrogens is 382 g/mol. The maximum Gasteiger partial charge on any atom is 0.229 e. The van der Waals surface area contributed by atoms with E-state index in [4.69, 9.17) is 0 Å². The van der Waals surface area contributed by atoms with E-state index < -0.39 is 10.0 Å². The van der Waals surface area contributed by atoms with Gasteiger partial charge in [-0.15, -0.1) is 0 Å². The summed E-state index contributed by atoms with van der Waals surface area (Å²) in [6.45, 7) is 4.68. The topological polar surface area (TPSA) is 81.1 Å². The van der Waals surface area contributed by atoms with Crippen LogP contribution in [0.4, 0.5) is 5.69 Å². The number of benzene rings is 2. The molecule has 1 heterocycles. The molecule has 0 aliphatic carbocycles. The standard InChI is InChI=1S/C19H21N3O3S2/c1-4-22-17-8-6-5-7-16(17)20-19(22)26-13(2)18(23)14-9-11-15(12-10-14)21-27(3,24)25/h5-13,21H,4H2,1-3H3. The number of aryl methyl sites for hydroxylation is 1. The summed E-state index contributed by atoms with van der Waals surface area (Å²) >= 11 is 1.43. The Kier molecular flexibility index (Phi) is 5.57. The first-order valence-electron chi connectivity index (χ1n) is 8.52. The fourth-order valence-corrected chi connectivity index (χ4v) is 4.44. The Morgan fingerprint density at radius 3 is 2.48 bits per heavy atom. The number of aromatic nitrogens is 2. The van der Waals surface area contributed by atoms with E-state index in [9.17, 15) is 13.2 Å². The van der Waals surface area contributed by atoms with Crippen LogP contribution in [0.3, 0.4) is 0 Å². The SMILES string of the molecule is CCn1c(SC(C)C(=O)c2ccc(NS(C)(=O)=O)cc2)nc2ccccc21. The smallest absolute Gasteiger partial charge is 0.229 e. The van der Waals surface area contributed by atoms with E-state index >= 15 is 0 Å². The Balaban J connectivity index is 1.78. The summed E-state index contributed by atoms with van der Waals surface area (Å²) in [5, 5.41) is 0.496. The average Bonchev–Trinajstić information content (AvgIpc) is 2.97. The maximum atomic E-state index is 12.8. The van der Waals surface area contributed by atoms with E-state index in [1.54, 1.807) is 24.3 Å². The van der Waals surface area contributed by atoms with Crippen LogP contribution in [0.1, 0.15) is 24.2 Å². The number of carbonyl (C=O) groups excluding carboxylic acids is 1. The van der Waals surface area contributed by atoms with Gasteiger partial charge in [-0.2, -0.15) is 0 Å². The molecule has 0 amide bonds. The largest absolute Gasteiger partial charge is 0.319 e. The van der Waals surface area contributed by atoms with Gasteiger partial charge in [0.25, 0.3) is 0 Å². The number of thioether (sulfide) groups is 1. The van der Waals surface area contributed by atoms with Gasteiger partial charge in [0.05, 0.1) is 22.5 Å². The number of nitrogens with one attached hydrogen (secondary N) is 1. The highest BCUT2D eigenvalue weighted by Crippen LogP contribution is 2.29. The normalized spacial score (nSPS) is 12.9. The second kappa shape index (κ2) is 7.74. The quantitative estimate of drug-likeness (QED) is 0.479. The highest BCUT2D eigenvalue weighted by atomic mass is 32.2. The molecule has 0 aliphatic rings.